The lowest BCUT2D eigenvalue weighted by Crippen LogP contribution is -2.63. The molecule has 302 valence electrons. The van der Waals surface area contributed by atoms with Gasteiger partial charge in [0, 0.05) is 85.1 Å². The van der Waals surface area contributed by atoms with Crippen LogP contribution in [0.1, 0.15) is 72.6 Å². The maximum absolute atomic E-state index is 12.4. The molecule has 4 rings (SSSR count). The Morgan fingerprint density at radius 2 is 1.14 bits per heavy atom. The van der Waals surface area contributed by atoms with Crippen LogP contribution >= 0.6 is 0 Å². The quantitative estimate of drug-likeness (QED) is 0.171. The van der Waals surface area contributed by atoms with Gasteiger partial charge in [-0.1, -0.05) is 6.07 Å². The Morgan fingerprint density at radius 1 is 0.589 bits per heavy atom. The summed E-state index contributed by atoms with van der Waals surface area (Å²) < 4.78 is 61.6. The molecule has 2 aromatic rings. The first-order valence-corrected chi connectivity index (χ1v) is 17.0. The Balaban J connectivity index is 1.83. The van der Waals surface area contributed by atoms with Crippen LogP contribution in [0.25, 0.3) is 0 Å². The second kappa shape index (κ2) is 18.4. The third-order valence-corrected chi connectivity index (χ3v) is 7.71. The molecule has 2 aromatic carbocycles. The lowest BCUT2D eigenvalue weighted by molar-refractivity contribution is -0.288. The van der Waals surface area contributed by atoms with Crippen LogP contribution in [0.4, 0.5) is 0 Å². The van der Waals surface area contributed by atoms with Gasteiger partial charge in [-0.2, -0.15) is 0 Å². The third-order valence-electron chi connectivity index (χ3n) is 7.71. The summed E-state index contributed by atoms with van der Waals surface area (Å²) >= 11 is 0. The van der Waals surface area contributed by atoms with Crippen molar-refractivity contribution in [3.8, 4) is 28.7 Å². The van der Waals surface area contributed by atoms with Gasteiger partial charge in [0.25, 0.3) is 0 Å². The van der Waals surface area contributed by atoms with Gasteiger partial charge in [0.05, 0.1) is 0 Å². The maximum Gasteiger partial charge on any atom is 0.308 e. The number of fused-ring (bicyclic) bond motifs is 1. The number of ether oxygens (including phenoxy) is 11. The topological polar surface area (TPSA) is 238 Å². The second-order valence-electron chi connectivity index (χ2n) is 12.5. The van der Waals surface area contributed by atoms with Gasteiger partial charge in [-0.05, 0) is 12.1 Å². The van der Waals surface area contributed by atoms with Gasteiger partial charge in [-0.15, -0.1) is 0 Å². The van der Waals surface area contributed by atoms with E-state index in [0.29, 0.717) is 5.56 Å². The maximum atomic E-state index is 12.4. The van der Waals surface area contributed by atoms with Crippen molar-refractivity contribution >= 4 is 47.8 Å². The van der Waals surface area contributed by atoms with Crippen LogP contribution < -0.4 is 23.7 Å². The first-order valence-electron chi connectivity index (χ1n) is 17.0. The highest BCUT2D eigenvalue weighted by molar-refractivity contribution is 5.74. The first kappa shape index (κ1) is 42.5. The SMILES string of the molecule is CC(=O)OC[C@H]1O[C@@H](Oc2cc(OC(C)=O)c3c(c2)O[C@H](c2ccc(OC(C)=O)c(OC(C)=O)c2)[C@H](OC(C)=O)C3)[C@H](OC(C)=O)[C@@H](OC(C)=O)[C@@H]1OC(C)=O. The summed E-state index contributed by atoms with van der Waals surface area (Å²) in [6.07, 6.45) is -9.84. The standard InChI is InChI=1S/C37H40O19/c1-16(38)46-15-32-34(51-21(6)43)35(52-22(7)44)36(53-23(8)45)37(56-32)54-25-12-28(48-18(3)40)26-14-31(50-20(5)42)33(55-29(26)13-25)24-9-10-27(47-17(2)39)30(11-24)49-19(4)41/h9-13,31-37H,14-15H2,1-8H3/t31-,32-,33-,34-,35+,36-,37-/m1/s1. The fourth-order valence-electron chi connectivity index (χ4n) is 5.93. The summed E-state index contributed by atoms with van der Waals surface area (Å²) in [5.74, 6) is -6.53. The minimum Gasteiger partial charge on any atom is -0.481 e. The third kappa shape index (κ3) is 11.4. The van der Waals surface area contributed by atoms with E-state index in [9.17, 15) is 38.4 Å². The number of carbonyl (C=O) groups excluding carboxylic acids is 8. The average Bonchev–Trinajstić information content (AvgIpc) is 3.06. The summed E-state index contributed by atoms with van der Waals surface area (Å²) in [7, 11) is 0. The monoisotopic (exact) mass is 788 g/mol. The Labute approximate surface area is 319 Å². The molecule has 2 aliphatic rings. The zero-order valence-electron chi connectivity index (χ0n) is 31.6. The van der Waals surface area contributed by atoms with E-state index in [0.717, 1.165) is 48.5 Å². The van der Waals surface area contributed by atoms with Gasteiger partial charge in [0.2, 0.25) is 12.4 Å². The predicted molar refractivity (Wildman–Crippen MR) is 182 cm³/mol. The molecule has 56 heavy (non-hydrogen) atoms. The van der Waals surface area contributed by atoms with E-state index in [1.54, 1.807) is 0 Å². The molecule has 19 nitrogen and oxygen atoms in total. The lowest BCUT2D eigenvalue weighted by Gasteiger charge is -2.44. The number of carbonyl (C=O) groups is 8. The summed E-state index contributed by atoms with van der Waals surface area (Å²) in [6, 6.07) is 6.83. The van der Waals surface area contributed by atoms with Crippen molar-refractivity contribution in [2.45, 2.75) is 105 Å². The van der Waals surface area contributed by atoms with Crippen LogP contribution in [0.5, 0.6) is 28.7 Å². The second-order valence-corrected chi connectivity index (χ2v) is 12.5. The number of hydrogen-bond donors (Lipinski definition) is 0. The van der Waals surface area contributed by atoms with E-state index >= 15 is 0 Å². The largest absolute Gasteiger partial charge is 0.481 e. The zero-order chi connectivity index (χ0) is 41.4. The summed E-state index contributed by atoms with van der Waals surface area (Å²) in [4.78, 5) is 96.8. The molecule has 0 unspecified atom stereocenters. The van der Waals surface area contributed by atoms with E-state index in [4.69, 9.17) is 52.1 Å². The molecule has 2 heterocycles. The Morgan fingerprint density at radius 3 is 1.71 bits per heavy atom. The van der Waals surface area contributed by atoms with Gasteiger partial charge < -0.3 is 52.1 Å². The highest BCUT2D eigenvalue weighted by Gasteiger charge is 2.53. The fraction of sp³-hybridized carbons (Fsp3) is 0.459. The predicted octanol–water partition coefficient (Wildman–Crippen LogP) is 2.53. The van der Waals surface area contributed by atoms with Crippen molar-refractivity contribution in [1.29, 1.82) is 0 Å². The molecule has 1 saturated heterocycles. The molecule has 0 N–H and O–H groups in total. The van der Waals surface area contributed by atoms with E-state index < -0.39 is 97.3 Å². The van der Waals surface area contributed by atoms with E-state index in [2.05, 4.69) is 0 Å². The van der Waals surface area contributed by atoms with Gasteiger partial charge >= 0.3 is 47.8 Å². The number of rotatable bonds is 12. The van der Waals surface area contributed by atoms with E-state index in [1.165, 1.54) is 37.3 Å². The van der Waals surface area contributed by atoms with Crippen molar-refractivity contribution in [2.24, 2.45) is 0 Å². The smallest absolute Gasteiger partial charge is 0.308 e. The molecule has 0 amide bonds. The lowest BCUT2D eigenvalue weighted by atomic mass is 9.93. The van der Waals surface area contributed by atoms with Gasteiger partial charge in [-0.25, -0.2) is 0 Å². The molecular formula is C37H40O19. The van der Waals surface area contributed by atoms with Gasteiger partial charge in [0.1, 0.15) is 36.1 Å². The summed E-state index contributed by atoms with van der Waals surface area (Å²) in [6.45, 7) is 8.41. The number of benzene rings is 2. The number of esters is 8. The molecule has 2 aliphatic heterocycles. The normalized spacial score (nSPS) is 22.4. The molecule has 1 fully saturated rings. The molecule has 0 saturated carbocycles. The van der Waals surface area contributed by atoms with Crippen molar-refractivity contribution in [2.75, 3.05) is 6.61 Å². The molecule has 0 aliphatic carbocycles. The van der Waals surface area contributed by atoms with Gasteiger partial charge in [0.15, 0.2) is 29.8 Å². The fourth-order valence-corrected chi connectivity index (χ4v) is 5.93. The van der Waals surface area contributed by atoms with Crippen LogP contribution in [-0.4, -0.2) is 91.2 Å². The number of hydrogen-bond acceptors (Lipinski definition) is 19. The molecular weight excluding hydrogens is 748 g/mol. The van der Waals surface area contributed by atoms with Crippen molar-refractivity contribution in [1.82, 2.24) is 0 Å². The van der Waals surface area contributed by atoms with E-state index in [1.807, 2.05) is 0 Å². The minimum atomic E-state index is -1.66. The Bertz CT molecular complexity index is 1880. The van der Waals surface area contributed by atoms with Crippen LogP contribution in [0, 0.1) is 0 Å². The zero-order valence-corrected chi connectivity index (χ0v) is 31.6. The minimum absolute atomic E-state index is 0.0379. The molecule has 0 radical (unpaired) electrons. The summed E-state index contributed by atoms with van der Waals surface area (Å²) in [5, 5.41) is 0. The molecule has 0 bridgehead atoms. The van der Waals surface area contributed by atoms with Crippen LogP contribution in [0.15, 0.2) is 30.3 Å². The average molecular weight is 789 g/mol. The Hall–Kier alpha value is -6.24. The van der Waals surface area contributed by atoms with Crippen molar-refractivity contribution < 1.29 is 90.5 Å². The van der Waals surface area contributed by atoms with Crippen LogP contribution in [0.3, 0.4) is 0 Å². The Kier molecular flexibility index (Phi) is 14.0. The van der Waals surface area contributed by atoms with Crippen LogP contribution in [-0.2, 0) is 73.2 Å². The molecule has 19 heteroatoms. The van der Waals surface area contributed by atoms with Crippen molar-refractivity contribution in [3.63, 3.8) is 0 Å². The highest BCUT2D eigenvalue weighted by atomic mass is 16.7. The molecule has 0 spiro atoms. The van der Waals surface area contributed by atoms with E-state index in [-0.39, 0.29) is 40.7 Å². The van der Waals surface area contributed by atoms with Gasteiger partial charge in [-0.3, -0.25) is 38.4 Å². The summed E-state index contributed by atoms with van der Waals surface area (Å²) in [5.41, 5.74) is 0.558. The molecule has 7 atom stereocenters. The highest BCUT2D eigenvalue weighted by Crippen LogP contribution is 2.45. The van der Waals surface area contributed by atoms with Crippen LogP contribution in [0.2, 0.25) is 0 Å². The molecule has 0 aromatic heterocycles. The first-order chi connectivity index (χ1) is 26.3. The van der Waals surface area contributed by atoms with Crippen molar-refractivity contribution in [3.05, 3.63) is 41.5 Å².